The summed E-state index contributed by atoms with van der Waals surface area (Å²) in [5.74, 6) is 1.04. The van der Waals surface area contributed by atoms with E-state index in [2.05, 4.69) is 18.8 Å². The Morgan fingerprint density at radius 1 is 1.64 bits per heavy atom. The molecule has 0 saturated heterocycles. The van der Waals surface area contributed by atoms with E-state index in [9.17, 15) is 0 Å². The molecule has 0 saturated carbocycles. The summed E-state index contributed by atoms with van der Waals surface area (Å²) >= 11 is 3.65. The highest BCUT2D eigenvalue weighted by Gasteiger charge is 2.08. The smallest absolute Gasteiger partial charge is 0.0940 e. The Morgan fingerprint density at radius 3 is 3.00 bits per heavy atom. The second kappa shape index (κ2) is 6.43. The molecule has 0 aromatic carbocycles. The standard InChI is InChI=1S/C10H18N2S2/c1-3-8(2)14-7-9(11)6-10-12-4-5-13-10/h4-5,8-9H,3,6-7,11H2,1-2H3. The van der Waals surface area contributed by atoms with E-state index in [1.54, 1.807) is 11.3 Å². The minimum absolute atomic E-state index is 0.250. The first-order chi connectivity index (χ1) is 6.72. The second-order valence-electron chi connectivity index (χ2n) is 3.44. The predicted molar refractivity (Wildman–Crippen MR) is 66.0 cm³/mol. The van der Waals surface area contributed by atoms with Gasteiger partial charge in [0.1, 0.15) is 0 Å². The molecule has 0 aliphatic carbocycles. The monoisotopic (exact) mass is 230 g/mol. The van der Waals surface area contributed by atoms with Crippen molar-refractivity contribution in [1.82, 2.24) is 4.98 Å². The first kappa shape index (κ1) is 12.0. The third-order valence-corrected chi connectivity index (χ3v) is 4.41. The molecule has 0 amide bonds. The van der Waals surface area contributed by atoms with Gasteiger partial charge in [0.15, 0.2) is 0 Å². The summed E-state index contributed by atoms with van der Waals surface area (Å²) in [7, 11) is 0. The topological polar surface area (TPSA) is 38.9 Å². The van der Waals surface area contributed by atoms with Crippen molar-refractivity contribution in [2.45, 2.75) is 38.0 Å². The van der Waals surface area contributed by atoms with Crippen molar-refractivity contribution in [2.24, 2.45) is 5.73 Å². The molecule has 1 aromatic rings. The molecule has 0 radical (unpaired) electrons. The highest BCUT2D eigenvalue weighted by atomic mass is 32.2. The lowest BCUT2D eigenvalue weighted by atomic mass is 10.3. The van der Waals surface area contributed by atoms with Crippen LogP contribution in [0.2, 0.25) is 0 Å². The number of thioether (sulfide) groups is 1. The molecule has 1 rings (SSSR count). The summed E-state index contributed by atoms with van der Waals surface area (Å²) in [6.45, 7) is 4.46. The van der Waals surface area contributed by atoms with Crippen LogP contribution in [0.5, 0.6) is 0 Å². The highest BCUT2D eigenvalue weighted by molar-refractivity contribution is 7.99. The van der Waals surface area contributed by atoms with Crippen molar-refractivity contribution in [3.05, 3.63) is 16.6 Å². The molecule has 1 heterocycles. The minimum atomic E-state index is 0.250. The lowest BCUT2D eigenvalue weighted by Gasteiger charge is -2.12. The molecule has 2 atom stereocenters. The minimum Gasteiger partial charge on any atom is -0.327 e. The zero-order valence-corrected chi connectivity index (χ0v) is 10.4. The van der Waals surface area contributed by atoms with Gasteiger partial charge in [-0.2, -0.15) is 11.8 Å². The van der Waals surface area contributed by atoms with Gasteiger partial charge in [-0.05, 0) is 6.42 Å². The van der Waals surface area contributed by atoms with Crippen molar-refractivity contribution in [3.63, 3.8) is 0 Å². The highest BCUT2D eigenvalue weighted by Crippen LogP contribution is 2.16. The quantitative estimate of drug-likeness (QED) is 0.816. The summed E-state index contributed by atoms with van der Waals surface area (Å²) in [6.07, 6.45) is 3.98. The molecule has 80 valence electrons. The zero-order chi connectivity index (χ0) is 10.4. The average Bonchev–Trinajstić information content (AvgIpc) is 2.66. The molecular weight excluding hydrogens is 212 g/mol. The molecule has 0 spiro atoms. The van der Waals surface area contributed by atoms with E-state index in [0.717, 1.165) is 22.4 Å². The molecule has 0 aliphatic rings. The maximum Gasteiger partial charge on any atom is 0.0940 e. The SMILES string of the molecule is CCC(C)SCC(N)Cc1nccs1. The summed E-state index contributed by atoms with van der Waals surface area (Å²) in [6, 6.07) is 0.250. The van der Waals surface area contributed by atoms with Gasteiger partial charge in [-0.3, -0.25) is 0 Å². The number of thiazole rings is 1. The lowest BCUT2D eigenvalue weighted by Crippen LogP contribution is -2.26. The molecule has 2 N–H and O–H groups in total. The van der Waals surface area contributed by atoms with Crippen LogP contribution in [0.15, 0.2) is 11.6 Å². The van der Waals surface area contributed by atoms with Crippen molar-refractivity contribution >= 4 is 23.1 Å². The maximum absolute atomic E-state index is 6.01. The van der Waals surface area contributed by atoms with Crippen LogP contribution in [0.1, 0.15) is 25.3 Å². The van der Waals surface area contributed by atoms with Gasteiger partial charge in [0.2, 0.25) is 0 Å². The van der Waals surface area contributed by atoms with Crippen LogP contribution in [-0.2, 0) is 6.42 Å². The van der Waals surface area contributed by atoms with Crippen LogP contribution in [0.25, 0.3) is 0 Å². The first-order valence-corrected chi connectivity index (χ1v) is 6.90. The number of nitrogens with zero attached hydrogens (tertiary/aromatic N) is 1. The Hall–Kier alpha value is -0.0600. The normalized spacial score (nSPS) is 15.4. The average molecular weight is 230 g/mol. The molecule has 14 heavy (non-hydrogen) atoms. The molecule has 2 unspecified atom stereocenters. The zero-order valence-electron chi connectivity index (χ0n) is 8.77. The van der Waals surface area contributed by atoms with Gasteiger partial charge in [0.25, 0.3) is 0 Å². The fraction of sp³-hybridized carbons (Fsp3) is 0.700. The molecule has 4 heteroatoms. The van der Waals surface area contributed by atoms with Gasteiger partial charge < -0.3 is 5.73 Å². The van der Waals surface area contributed by atoms with Crippen LogP contribution in [0, 0.1) is 0 Å². The van der Waals surface area contributed by atoms with Gasteiger partial charge >= 0.3 is 0 Å². The summed E-state index contributed by atoms with van der Waals surface area (Å²) in [5.41, 5.74) is 6.01. The predicted octanol–water partition coefficient (Wildman–Crippen LogP) is 2.54. The second-order valence-corrected chi connectivity index (χ2v) is 5.89. The van der Waals surface area contributed by atoms with E-state index < -0.39 is 0 Å². The van der Waals surface area contributed by atoms with Gasteiger partial charge in [-0.25, -0.2) is 4.98 Å². The van der Waals surface area contributed by atoms with Gasteiger partial charge in [0, 0.05) is 35.0 Å². The van der Waals surface area contributed by atoms with Crippen molar-refractivity contribution in [1.29, 1.82) is 0 Å². The summed E-state index contributed by atoms with van der Waals surface area (Å²) in [4.78, 5) is 4.23. The van der Waals surface area contributed by atoms with E-state index in [4.69, 9.17) is 5.73 Å². The third-order valence-electron chi connectivity index (χ3n) is 2.09. The van der Waals surface area contributed by atoms with E-state index in [1.165, 1.54) is 6.42 Å². The first-order valence-electron chi connectivity index (χ1n) is 4.98. The van der Waals surface area contributed by atoms with Crippen LogP contribution in [-0.4, -0.2) is 22.0 Å². The molecule has 2 nitrogen and oxygen atoms in total. The van der Waals surface area contributed by atoms with Crippen molar-refractivity contribution in [3.8, 4) is 0 Å². The van der Waals surface area contributed by atoms with Crippen molar-refractivity contribution in [2.75, 3.05) is 5.75 Å². The van der Waals surface area contributed by atoms with E-state index in [0.29, 0.717) is 0 Å². The van der Waals surface area contributed by atoms with Gasteiger partial charge in [-0.1, -0.05) is 13.8 Å². The Balaban J connectivity index is 2.19. The van der Waals surface area contributed by atoms with E-state index >= 15 is 0 Å². The van der Waals surface area contributed by atoms with Crippen LogP contribution in [0.4, 0.5) is 0 Å². The number of nitrogens with two attached hydrogens (primary N) is 1. The molecule has 1 aromatic heterocycles. The molecule has 0 aliphatic heterocycles. The maximum atomic E-state index is 6.01. The summed E-state index contributed by atoms with van der Waals surface area (Å²) < 4.78 is 0. The number of hydrogen-bond donors (Lipinski definition) is 1. The largest absolute Gasteiger partial charge is 0.327 e. The Bertz CT molecular complexity index is 236. The van der Waals surface area contributed by atoms with Crippen LogP contribution in [0.3, 0.4) is 0 Å². The molecule has 0 fully saturated rings. The number of aromatic nitrogens is 1. The summed E-state index contributed by atoms with van der Waals surface area (Å²) in [5, 5.41) is 3.88. The van der Waals surface area contributed by atoms with Crippen molar-refractivity contribution < 1.29 is 0 Å². The molecule has 0 bridgehead atoms. The number of hydrogen-bond acceptors (Lipinski definition) is 4. The fourth-order valence-electron chi connectivity index (χ4n) is 1.04. The third kappa shape index (κ3) is 4.44. The Labute approximate surface area is 94.3 Å². The van der Waals surface area contributed by atoms with Gasteiger partial charge in [0.05, 0.1) is 5.01 Å². The van der Waals surface area contributed by atoms with Crippen LogP contribution >= 0.6 is 23.1 Å². The fourth-order valence-corrected chi connectivity index (χ4v) is 2.68. The van der Waals surface area contributed by atoms with E-state index in [1.807, 2.05) is 23.3 Å². The van der Waals surface area contributed by atoms with E-state index in [-0.39, 0.29) is 6.04 Å². The van der Waals surface area contributed by atoms with Gasteiger partial charge in [-0.15, -0.1) is 11.3 Å². The molecular formula is C10H18N2S2. The van der Waals surface area contributed by atoms with Crippen LogP contribution < -0.4 is 5.73 Å². The number of rotatable bonds is 6. The Morgan fingerprint density at radius 2 is 2.43 bits per heavy atom. The Kier molecular flexibility index (Phi) is 5.52. The lowest BCUT2D eigenvalue weighted by molar-refractivity contribution is 0.740.